The minimum Gasteiger partial charge on any atom is -0.494 e. The highest BCUT2D eigenvalue weighted by Crippen LogP contribution is 2.36. The van der Waals surface area contributed by atoms with Crippen molar-refractivity contribution in [1.29, 1.82) is 0 Å². The first-order chi connectivity index (χ1) is 8.55. The molecule has 3 heteroatoms. The third kappa shape index (κ3) is 3.72. The average Bonchev–Trinajstić information content (AvgIpc) is 2.38. The first-order valence-electron chi connectivity index (χ1n) is 6.74. The van der Waals surface area contributed by atoms with Gasteiger partial charge in [-0.1, -0.05) is 39.8 Å². The van der Waals surface area contributed by atoms with E-state index >= 15 is 0 Å². The molecule has 18 heavy (non-hydrogen) atoms. The monoisotopic (exact) mass is 250 g/mol. The molecule has 0 saturated carbocycles. The van der Waals surface area contributed by atoms with Gasteiger partial charge in [0.15, 0.2) is 0 Å². The fourth-order valence-corrected chi connectivity index (χ4v) is 1.95. The van der Waals surface area contributed by atoms with Gasteiger partial charge < -0.3 is 4.74 Å². The minimum atomic E-state index is 0.126. The molecule has 0 aliphatic carbocycles. The maximum atomic E-state index is 5.70. The predicted octanol–water partition coefficient (Wildman–Crippen LogP) is 3.42. The molecule has 0 spiro atoms. The number of nitrogens with one attached hydrogen (secondary N) is 1. The van der Waals surface area contributed by atoms with E-state index in [2.05, 4.69) is 45.3 Å². The van der Waals surface area contributed by atoms with Gasteiger partial charge in [0.2, 0.25) is 0 Å². The van der Waals surface area contributed by atoms with Crippen LogP contribution >= 0.6 is 0 Å². The summed E-state index contributed by atoms with van der Waals surface area (Å²) in [6, 6.07) is 8.37. The number of hydrogen-bond acceptors (Lipinski definition) is 3. The van der Waals surface area contributed by atoms with Crippen LogP contribution in [0.4, 0.5) is 0 Å². The van der Waals surface area contributed by atoms with Gasteiger partial charge in [0.05, 0.1) is 12.6 Å². The fraction of sp³-hybridized carbons (Fsp3) is 0.600. The Morgan fingerprint density at radius 1 is 1.22 bits per heavy atom. The van der Waals surface area contributed by atoms with Gasteiger partial charge >= 0.3 is 0 Å². The highest BCUT2D eigenvalue weighted by atomic mass is 16.5. The molecule has 0 aliphatic heterocycles. The number of hydrogen-bond donors (Lipinski definition) is 2. The van der Waals surface area contributed by atoms with Crippen LogP contribution in [0, 0.1) is 5.41 Å². The number of benzene rings is 1. The van der Waals surface area contributed by atoms with Gasteiger partial charge in [0.1, 0.15) is 5.75 Å². The van der Waals surface area contributed by atoms with Gasteiger partial charge in [0, 0.05) is 0 Å². The summed E-state index contributed by atoms with van der Waals surface area (Å²) in [7, 11) is 0. The van der Waals surface area contributed by atoms with Crippen LogP contribution in [0.15, 0.2) is 24.3 Å². The third-order valence-electron chi connectivity index (χ3n) is 3.55. The maximum absolute atomic E-state index is 5.70. The van der Waals surface area contributed by atoms with Crippen molar-refractivity contribution >= 4 is 0 Å². The molecule has 0 aliphatic rings. The average molecular weight is 250 g/mol. The molecule has 0 saturated heterocycles. The molecule has 0 heterocycles. The molecule has 0 aromatic heterocycles. The zero-order valence-electron chi connectivity index (χ0n) is 12.0. The van der Waals surface area contributed by atoms with Gasteiger partial charge in [-0.25, -0.2) is 0 Å². The van der Waals surface area contributed by atoms with Gasteiger partial charge in [-0.05, 0) is 36.0 Å². The Morgan fingerprint density at radius 2 is 1.83 bits per heavy atom. The molecule has 0 bridgehead atoms. The molecule has 1 atom stereocenters. The lowest BCUT2D eigenvalue weighted by molar-refractivity contribution is 0.236. The van der Waals surface area contributed by atoms with E-state index < -0.39 is 0 Å². The van der Waals surface area contributed by atoms with Crippen molar-refractivity contribution in [3.63, 3.8) is 0 Å². The van der Waals surface area contributed by atoms with Crippen LogP contribution in [0.25, 0.3) is 0 Å². The summed E-state index contributed by atoms with van der Waals surface area (Å²) in [4.78, 5) is 0. The lowest BCUT2D eigenvalue weighted by Crippen LogP contribution is -2.38. The fourth-order valence-electron chi connectivity index (χ4n) is 1.95. The minimum absolute atomic E-state index is 0.126. The van der Waals surface area contributed by atoms with E-state index in [0.717, 1.165) is 25.2 Å². The molecule has 0 radical (unpaired) electrons. The highest BCUT2D eigenvalue weighted by Gasteiger charge is 2.28. The van der Waals surface area contributed by atoms with Crippen molar-refractivity contribution < 1.29 is 4.74 Å². The normalized spacial score (nSPS) is 13.4. The summed E-state index contributed by atoms with van der Waals surface area (Å²) in [6.07, 6.45) is 2.09. The van der Waals surface area contributed by atoms with Gasteiger partial charge in [-0.2, -0.15) is 0 Å². The molecule has 0 amide bonds. The van der Waals surface area contributed by atoms with Crippen molar-refractivity contribution in [2.75, 3.05) is 6.61 Å². The Bertz CT molecular complexity index is 346. The second-order valence-corrected chi connectivity index (χ2v) is 5.36. The van der Waals surface area contributed by atoms with Crippen molar-refractivity contribution in [1.82, 2.24) is 5.43 Å². The number of hydrazine groups is 1. The number of nitrogens with two attached hydrogens (primary N) is 1. The summed E-state index contributed by atoms with van der Waals surface area (Å²) < 4.78 is 5.58. The Morgan fingerprint density at radius 3 is 2.28 bits per heavy atom. The predicted molar refractivity (Wildman–Crippen MR) is 76.4 cm³/mol. The smallest absolute Gasteiger partial charge is 0.119 e. The van der Waals surface area contributed by atoms with E-state index in [4.69, 9.17) is 10.6 Å². The van der Waals surface area contributed by atoms with E-state index in [9.17, 15) is 0 Å². The first kappa shape index (κ1) is 15.0. The van der Waals surface area contributed by atoms with Crippen LogP contribution in [0.1, 0.15) is 52.1 Å². The van der Waals surface area contributed by atoms with E-state index in [1.165, 1.54) is 5.56 Å². The van der Waals surface area contributed by atoms with Crippen LogP contribution in [-0.2, 0) is 0 Å². The molecular formula is C15H26N2O. The Balaban J connectivity index is 2.82. The van der Waals surface area contributed by atoms with Crippen molar-refractivity contribution in [2.24, 2.45) is 11.3 Å². The summed E-state index contributed by atoms with van der Waals surface area (Å²) in [5.74, 6) is 6.63. The molecular weight excluding hydrogens is 224 g/mol. The zero-order chi connectivity index (χ0) is 13.6. The lowest BCUT2D eigenvalue weighted by Gasteiger charge is -2.33. The van der Waals surface area contributed by atoms with Crippen molar-refractivity contribution in [3.8, 4) is 5.75 Å². The Kier molecular flexibility index (Phi) is 5.63. The number of rotatable bonds is 7. The number of ether oxygens (including phenoxy) is 1. The van der Waals surface area contributed by atoms with Crippen LogP contribution in [-0.4, -0.2) is 6.61 Å². The van der Waals surface area contributed by atoms with Gasteiger partial charge in [-0.3, -0.25) is 11.3 Å². The van der Waals surface area contributed by atoms with E-state index in [-0.39, 0.29) is 11.5 Å². The molecule has 3 N–H and O–H groups in total. The summed E-state index contributed by atoms with van der Waals surface area (Å²) >= 11 is 0. The van der Waals surface area contributed by atoms with Gasteiger partial charge in [0.25, 0.3) is 0 Å². The van der Waals surface area contributed by atoms with Crippen LogP contribution in [0.2, 0.25) is 0 Å². The van der Waals surface area contributed by atoms with Crippen LogP contribution in [0.3, 0.4) is 0 Å². The van der Waals surface area contributed by atoms with Crippen molar-refractivity contribution in [3.05, 3.63) is 29.8 Å². The summed E-state index contributed by atoms with van der Waals surface area (Å²) in [5, 5.41) is 0. The maximum Gasteiger partial charge on any atom is 0.119 e. The van der Waals surface area contributed by atoms with Gasteiger partial charge in [-0.15, -0.1) is 0 Å². The van der Waals surface area contributed by atoms with Crippen LogP contribution in [0.5, 0.6) is 5.75 Å². The van der Waals surface area contributed by atoms with E-state index in [0.29, 0.717) is 0 Å². The molecule has 1 aromatic carbocycles. The largest absolute Gasteiger partial charge is 0.494 e. The summed E-state index contributed by atoms with van der Waals surface area (Å²) in [6.45, 7) is 9.49. The SMILES string of the molecule is CCCOc1ccc(C(NN)C(C)(C)CC)cc1. The van der Waals surface area contributed by atoms with Crippen LogP contribution < -0.4 is 16.0 Å². The highest BCUT2D eigenvalue weighted by molar-refractivity contribution is 5.30. The first-order valence-corrected chi connectivity index (χ1v) is 6.74. The molecule has 0 fully saturated rings. The Labute approximate surface area is 111 Å². The second kappa shape index (κ2) is 6.76. The molecule has 1 rings (SSSR count). The third-order valence-corrected chi connectivity index (χ3v) is 3.55. The quantitative estimate of drug-likeness (QED) is 0.576. The molecule has 1 unspecified atom stereocenters. The molecule has 102 valence electrons. The zero-order valence-corrected chi connectivity index (χ0v) is 12.0. The molecule has 3 nitrogen and oxygen atoms in total. The van der Waals surface area contributed by atoms with E-state index in [1.54, 1.807) is 0 Å². The molecule has 1 aromatic rings. The Hall–Kier alpha value is -1.06. The van der Waals surface area contributed by atoms with Crippen molar-refractivity contribution in [2.45, 2.75) is 46.6 Å². The topological polar surface area (TPSA) is 47.3 Å². The summed E-state index contributed by atoms with van der Waals surface area (Å²) in [5.41, 5.74) is 4.26. The standard InChI is InChI=1S/C15H26N2O/c1-5-11-18-13-9-7-12(8-10-13)14(17-16)15(3,4)6-2/h7-10,14,17H,5-6,11,16H2,1-4H3. The second-order valence-electron chi connectivity index (χ2n) is 5.36. The van der Waals surface area contributed by atoms with E-state index in [1.807, 2.05) is 12.1 Å². The lowest BCUT2D eigenvalue weighted by atomic mass is 9.79.